The number of nitrogens with zero attached hydrogens (tertiary/aromatic N) is 4. The van der Waals surface area contributed by atoms with Crippen LogP contribution >= 0.6 is 0 Å². The highest BCUT2D eigenvalue weighted by atomic mass is 19.1. The summed E-state index contributed by atoms with van der Waals surface area (Å²) < 4.78 is 15.3. The van der Waals surface area contributed by atoms with Gasteiger partial charge in [0.2, 0.25) is 5.91 Å². The third kappa shape index (κ3) is 5.23. The average molecular weight is 371 g/mol. The summed E-state index contributed by atoms with van der Waals surface area (Å²) in [5, 5.41) is 11.4. The fourth-order valence-electron chi connectivity index (χ4n) is 3.23. The molecule has 2 aromatic rings. The Bertz CT molecular complexity index is 830. The molecular formula is C20H26FN5O. The highest BCUT2D eigenvalue weighted by Crippen LogP contribution is 2.11. The molecule has 2 heterocycles. The first kappa shape index (κ1) is 19.2. The van der Waals surface area contributed by atoms with E-state index in [9.17, 15) is 9.18 Å². The lowest BCUT2D eigenvalue weighted by molar-refractivity contribution is -0.120. The van der Waals surface area contributed by atoms with Gasteiger partial charge in [-0.25, -0.2) is 4.39 Å². The summed E-state index contributed by atoms with van der Waals surface area (Å²) in [6.45, 7) is 8.20. The van der Waals surface area contributed by atoms with Crippen LogP contribution in [-0.2, 0) is 30.7 Å². The van der Waals surface area contributed by atoms with E-state index in [1.165, 1.54) is 17.7 Å². The van der Waals surface area contributed by atoms with Crippen LogP contribution in [0.1, 0.15) is 31.1 Å². The third-order valence-corrected chi connectivity index (χ3v) is 4.86. The highest BCUT2D eigenvalue weighted by Gasteiger charge is 2.19. The number of carbonyl (C=O) groups is 1. The predicted molar refractivity (Wildman–Crippen MR) is 102 cm³/mol. The Morgan fingerprint density at radius 3 is 2.93 bits per heavy atom. The number of hydrogen-bond donors (Lipinski definition) is 1. The van der Waals surface area contributed by atoms with Gasteiger partial charge in [-0.15, -0.1) is 10.2 Å². The summed E-state index contributed by atoms with van der Waals surface area (Å²) in [4.78, 5) is 14.6. The van der Waals surface area contributed by atoms with Gasteiger partial charge in [-0.1, -0.05) is 23.8 Å². The van der Waals surface area contributed by atoms with Crippen LogP contribution in [0.15, 0.2) is 35.9 Å². The molecule has 0 bridgehead atoms. The van der Waals surface area contributed by atoms with Crippen LogP contribution in [0.3, 0.4) is 0 Å². The molecule has 3 rings (SSSR count). The number of halogens is 1. The zero-order valence-electron chi connectivity index (χ0n) is 15.9. The number of benzene rings is 1. The first-order valence-corrected chi connectivity index (χ1v) is 9.31. The summed E-state index contributed by atoms with van der Waals surface area (Å²) in [5.74, 6) is 1.24. The van der Waals surface area contributed by atoms with Crippen molar-refractivity contribution in [2.24, 2.45) is 0 Å². The van der Waals surface area contributed by atoms with Crippen LogP contribution in [0.5, 0.6) is 0 Å². The molecule has 0 radical (unpaired) electrons. The third-order valence-electron chi connectivity index (χ3n) is 4.86. The molecule has 0 aliphatic carbocycles. The van der Waals surface area contributed by atoms with Crippen molar-refractivity contribution in [3.05, 3.63) is 58.9 Å². The van der Waals surface area contributed by atoms with Gasteiger partial charge >= 0.3 is 0 Å². The maximum atomic E-state index is 13.2. The molecule has 144 valence electrons. The van der Waals surface area contributed by atoms with Gasteiger partial charge in [0.05, 0.1) is 13.0 Å². The molecule has 1 N–H and O–H groups in total. The van der Waals surface area contributed by atoms with E-state index in [1.807, 2.05) is 0 Å². The van der Waals surface area contributed by atoms with Crippen molar-refractivity contribution >= 4 is 5.91 Å². The zero-order valence-corrected chi connectivity index (χ0v) is 15.9. The molecule has 0 fully saturated rings. The summed E-state index contributed by atoms with van der Waals surface area (Å²) in [5.41, 5.74) is 2.01. The van der Waals surface area contributed by atoms with Crippen LogP contribution < -0.4 is 5.32 Å². The second-order valence-electron chi connectivity index (χ2n) is 6.93. The number of allylic oxidation sites excluding steroid dienone is 1. The summed E-state index contributed by atoms with van der Waals surface area (Å²) in [7, 11) is 0. The van der Waals surface area contributed by atoms with E-state index in [1.54, 1.807) is 12.1 Å². The standard InChI is InChI=1S/C20H26FN5O/c1-3-15(2)14-25-8-7-18-23-24-19(26(18)10-9-25)13-22-20(27)12-16-5-4-6-17(21)11-16/h3-6,11H,7-10,12-14H2,1-2H3,(H,22,27)/b15-3+. The minimum Gasteiger partial charge on any atom is -0.349 e. The van der Waals surface area contributed by atoms with Gasteiger partial charge in [0, 0.05) is 32.6 Å². The van der Waals surface area contributed by atoms with Gasteiger partial charge in [-0.05, 0) is 31.5 Å². The normalized spacial score (nSPS) is 15.3. The van der Waals surface area contributed by atoms with Gasteiger partial charge in [0.15, 0.2) is 5.82 Å². The molecule has 1 aromatic heterocycles. The smallest absolute Gasteiger partial charge is 0.224 e. The number of amides is 1. The number of carbonyl (C=O) groups excluding carboxylic acids is 1. The number of aromatic nitrogens is 3. The Hall–Kier alpha value is -2.54. The quantitative estimate of drug-likeness (QED) is 0.790. The van der Waals surface area contributed by atoms with Crippen molar-refractivity contribution in [1.82, 2.24) is 25.0 Å². The maximum Gasteiger partial charge on any atom is 0.224 e. The largest absolute Gasteiger partial charge is 0.349 e. The average Bonchev–Trinajstić information content (AvgIpc) is 2.93. The van der Waals surface area contributed by atoms with Crippen molar-refractivity contribution in [2.45, 2.75) is 39.8 Å². The lowest BCUT2D eigenvalue weighted by Crippen LogP contribution is -2.29. The second-order valence-corrected chi connectivity index (χ2v) is 6.93. The fraction of sp³-hybridized carbons (Fsp3) is 0.450. The van der Waals surface area contributed by atoms with Crippen LogP contribution in [-0.4, -0.2) is 45.2 Å². The second kappa shape index (κ2) is 8.90. The van der Waals surface area contributed by atoms with Crippen LogP contribution in [0.2, 0.25) is 0 Å². The van der Waals surface area contributed by atoms with E-state index >= 15 is 0 Å². The molecule has 0 saturated heterocycles. The van der Waals surface area contributed by atoms with E-state index in [4.69, 9.17) is 0 Å². The van der Waals surface area contributed by atoms with Crippen LogP contribution in [0.25, 0.3) is 0 Å². The minimum atomic E-state index is -0.333. The molecule has 6 nitrogen and oxygen atoms in total. The zero-order chi connectivity index (χ0) is 19.2. The molecule has 27 heavy (non-hydrogen) atoms. The molecule has 0 spiro atoms. The molecule has 1 amide bonds. The lowest BCUT2D eigenvalue weighted by Gasteiger charge is -2.19. The van der Waals surface area contributed by atoms with Crippen LogP contribution in [0.4, 0.5) is 4.39 Å². The minimum absolute atomic E-state index is 0.148. The summed E-state index contributed by atoms with van der Waals surface area (Å²) >= 11 is 0. The molecule has 0 unspecified atom stereocenters. The van der Waals surface area contributed by atoms with E-state index in [0.717, 1.165) is 44.2 Å². The lowest BCUT2D eigenvalue weighted by atomic mass is 10.1. The Morgan fingerprint density at radius 1 is 1.30 bits per heavy atom. The van der Waals surface area contributed by atoms with Crippen molar-refractivity contribution in [1.29, 1.82) is 0 Å². The monoisotopic (exact) mass is 371 g/mol. The van der Waals surface area contributed by atoms with Gasteiger partial charge in [-0.3, -0.25) is 9.69 Å². The Kier molecular flexibility index (Phi) is 6.34. The Balaban J connectivity index is 1.56. The van der Waals surface area contributed by atoms with Gasteiger partial charge in [0.25, 0.3) is 0 Å². The summed E-state index contributed by atoms with van der Waals surface area (Å²) in [6.07, 6.45) is 3.14. The first-order chi connectivity index (χ1) is 13.0. The van der Waals surface area contributed by atoms with Crippen molar-refractivity contribution in [3.8, 4) is 0 Å². The van der Waals surface area contributed by atoms with Crippen LogP contribution in [0, 0.1) is 5.82 Å². The van der Waals surface area contributed by atoms with Gasteiger partial charge < -0.3 is 9.88 Å². The predicted octanol–water partition coefficient (Wildman–Crippen LogP) is 2.10. The summed E-state index contributed by atoms with van der Waals surface area (Å²) in [6, 6.07) is 6.10. The Labute approximate surface area is 159 Å². The van der Waals surface area contributed by atoms with Crippen molar-refractivity contribution in [2.75, 3.05) is 19.6 Å². The molecule has 0 atom stereocenters. The van der Waals surface area contributed by atoms with E-state index in [0.29, 0.717) is 12.1 Å². The molecule has 1 aliphatic heterocycles. The topological polar surface area (TPSA) is 63.1 Å². The van der Waals surface area contributed by atoms with Gasteiger partial charge in [0.1, 0.15) is 11.6 Å². The van der Waals surface area contributed by atoms with Gasteiger partial charge in [-0.2, -0.15) is 0 Å². The fourth-order valence-corrected chi connectivity index (χ4v) is 3.23. The highest BCUT2D eigenvalue weighted by molar-refractivity contribution is 5.78. The first-order valence-electron chi connectivity index (χ1n) is 9.31. The molecule has 7 heteroatoms. The maximum absolute atomic E-state index is 13.2. The number of hydrogen-bond acceptors (Lipinski definition) is 4. The molecule has 1 aliphatic rings. The number of nitrogens with one attached hydrogen (secondary N) is 1. The van der Waals surface area contributed by atoms with E-state index in [-0.39, 0.29) is 18.1 Å². The number of rotatable bonds is 6. The van der Waals surface area contributed by atoms with Crippen molar-refractivity contribution in [3.63, 3.8) is 0 Å². The van der Waals surface area contributed by atoms with E-state index < -0.39 is 0 Å². The molecular weight excluding hydrogens is 345 g/mol. The molecule has 1 aromatic carbocycles. The van der Waals surface area contributed by atoms with E-state index in [2.05, 4.69) is 44.9 Å². The SMILES string of the molecule is C/C=C(\C)CN1CCc2nnc(CNC(=O)Cc3cccc(F)c3)n2CC1. The van der Waals surface area contributed by atoms with Crippen molar-refractivity contribution < 1.29 is 9.18 Å². The molecule has 0 saturated carbocycles. The number of fused-ring (bicyclic) bond motifs is 1. The Morgan fingerprint density at radius 2 is 2.15 bits per heavy atom.